The van der Waals surface area contributed by atoms with Crippen LogP contribution in [0.5, 0.6) is 0 Å². The van der Waals surface area contributed by atoms with Crippen LogP contribution in [-0.4, -0.2) is 193 Å². The lowest BCUT2D eigenvalue weighted by atomic mass is 9.96. The van der Waals surface area contributed by atoms with Gasteiger partial charge in [0.1, 0.15) is 73.2 Å². The first-order chi connectivity index (χ1) is 41.8. The van der Waals surface area contributed by atoms with Crippen LogP contribution in [0.1, 0.15) is 264 Å². The Balaban J connectivity index is 1.44. The van der Waals surface area contributed by atoms with Crippen LogP contribution in [0.2, 0.25) is 0 Å². The van der Waals surface area contributed by atoms with E-state index in [0.717, 1.165) is 57.8 Å². The highest BCUT2D eigenvalue weighted by molar-refractivity contribution is 5.76. The van der Waals surface area contributed by atoms with Crippen LogP contribution >= 0.6 is 0 Å². The van der Waals surface area contributed by atoms with Crippen molar-refractivity contribution in [3.63, 3.8) is 0 Å². The van der Waals surface area contributed by atoms with Gasteiger partial charge in [0.25, 0.3) is 0 Å². The second kappa shape index (κ2) is 49.9. The summed E-state index contributed by atoms with van der Waals surface area (Å²) in [6.07, 6.45) is 28.2. The van der Waals surface area contributed by atoms with E-state index >= 15 is 0 Å². The molecule has 0 aromatic rings. The zero-order valence-corrected chi connectivity index (χ0v) is 53.3. The van der Waals surface area contributed by atoms with E-state index < -0.39 is 124 Å². The lowest BCUT2D eigenvalue weighted by Gasteiger charge is -2.48. The average molecular weight is 1230 g/mol. The van der Waals surface area contributed by atoms with Crippen molar-refractivity contribution in [1.82, 2.24) is 5.32 Å². The number of ether oxygens (including phenoxy) is 6. The summed E-state index contributed by atoms with van der Waals surface area (Å²) in [5.74, 6) is -0.242. The van der Waals surface area contributed by atoms with Gasteiger partial charge < -0.3 is 89.9 Å². The molecule has 17 unspecified atom stereocenters. The van der Waals surface area contributed by atoms with Crippen molar-refractivity contribution in [1.29, 1.82) is 0 Å². The van der Waals surface area contributed by atoms with E-state index in [9.17, 15) is 61.0 Å². The first kappa shape index (κ1) is 78.5. The standard InChI is InChI=1S/C67H125NO18/c1-3-5-7-9-11-13-15-17-19-21-23-24-25-26-27-29-31-33-35-37-39-41-43-45-55(73)68-50(51(72)44-42-40-38-36-34-32-30-28-22-20-18-16-14-12-10-8-6-4-2)49-81-65-61(79)58(76)63(53(47-70)83-65)86-67-62(80)59(77)64(54(48-71)84-67)85-66-60(78)57(75)56(74)52(46-69)82-66/h15,17,21,23,50-54,56-67,69-72,74-80H,3-14,16,18-20,22,24-49H2,1-2H3,(H,68,73)/b17-15-,23-21-. The number of carbonyl (C=O) groups excluding carboxylic acids is 1. The zero-order valence-electron chi connectivity index (χ0n) is 53.3. The molecule has 19 heteroatoms. The molecule has 1 amide bonds. The third-order valence-electron chi connectivity index (χ3n) is 17.5. The molecule has 3 saturated heterocycles. The minimum atomic E-state index is -1.97. The number of unbranched alkanes of at least 4 members (excludes halogenated alkanes) is 33. The highest BCUT2D eigenvalue weighted by atomic mass is 16.8. The van der Waals surface area contributed by atoms with Gasteiger partial charge in [0.05, 0.1) is 38.6 Å². The summed E-state index contributed by atoms with van der Waals surface area (Å²) in [5.41, 5.74) is 0. The Morgan fingerprint density at radius 1 is 0.419 bits per heavy atom. The summed E-state index contributed by atoms with van der Waals surface area (Å²) in [6, 6.07) is -0.887. The molecule has 19 nitrogen and oxygen atoms in total. The molecule has 0 saturated carbocycles. The van der Waals surface area contributed by atoms with Gasteiger partial charge in [-0.15, -0.1) is 0 Å². The van der Waals surface area contributed by atoms with E-state index in [-0.39, 0.29) is 18.9 Å². The number of amides is 1. The molecular weight excluding hydrogens is 1110 g/mol. The van der Waals surface area contributed by atoms with Crippen LogP contribution in [0, 0.1) is 0 Å². The number of aliphatic hydroxyl groups excluding tert-OH is 11. The Morgan fingerprint density at radius 3 is 1.19 bits per heavy atom. The molecule has 0 aliphatic carbocycles. The van der Waals surface area contributed by atoms with Crippen LogP contribution in [0.25, 0.3) is 0 Å². The molecule has 3 aliphatic heterocycles. The fourth-order valence-corrected chi connectivity index (χ4v) is 11.9. The summed E-state index contributed by atoms with van der Waals surface area (Å²) in [6.45, 7) is 1.81. The normalized spacial score (nSPS) is 28.9. The average Bonchev–Trinajstić information content (AvgIpc) is 1.83. The van der Waals surface area contributed by atoms with Crippen molar-refractivity contribution < 1.29 is 89.4 Å². The van der Waals surface area contributed by atoms with Gasteiger partial charge in [-0.3, -0.25) is 4.79 Å². The fraction of sp³-hybridized carbons (Fsp3) is 0.925. The Morgan fingerprint density at radius 2 is 0.767 bits per heavy atom. The number of allylic oxidation sites excluding steroid dienone is 4. The smallest absolute Gasteiger partial charge is 0.220 e. The molecule has 3 rings (SSSR count). The summed E-state index contributed by atoms with van der Waals surface area (Å²) in [7, 11) is 0. The summed E-state index contributed by atoms with van der Waals surface area (Å²) in [5, 5.41) is 121. The van der Waals surface area contributed by atoms with Gasteiger partial charge in [-0.25, -0.2) is 0 Å². The van der Waals surface area contributed by atoms with Gasteiger partial charge in [-0.1, -0.05) is 237 Å². The van der Waals surface area contributed by atoms with E-state index in [2.05, 4.69) is 43.5 Å². The van der Waals surface area contributed by atoms with E-state index in [1.807, 2.05) is 0 Å². The lowest BCUT2D eigenvalue weighted by molar-refractivity contribution is -0.379. The van der Waals surface area contributed by atoms with Gasteiger partial charge in [0.2, 0.25) is 5.91 Å². The molecule has 0 radical (unpaired) electrons. The van der Waals surface area contributed by atoms with Crippen molar-refractivity contribution in [2.45, 2.75) is 369 Å². The second-order valence-corrected chi connectivity index (χ2v) is 25.0. The number of aliphatic hydroxyl groups is 11. The molecule has 506 valence electrons. The SMILES string of the molecule is CCCCCCC/C=C\C/C=C\CCCCCCCCCCCCCC(=O)NC(COC1OC(CO)C(OC2OC(CO)C(OC3OC(CO)C(O)C(O)C3O)C(O)C2O)C(O)C1O)C(O)CCCCCCCCCCCCCCCCCCCC. The Hall–Kier alpha value is -1.73. The topological polar surface area (TPSA) is 307 Å². The number of hydrogen-bond acceptors (Lipinski definition) is 18. The maximum Gasteiger partial charge on any atom is 0.220 e. The first-order valence-corrected chi connectivity index (χ1v) is 34.6. The number of nitrogens with one attached hydrogen (secondary N) is 1. The quantitative estimate of drug-likeness (QED) is 0.0200. The monoisotopic (exact) mass is 1230 g/mol. The molecule has 3 heterocycles. The largest absolute Gasteiger partial charge is 0.394 e. The van der Waals surface area contributed by atoms with Crippen molar-refractivity contribution in [3.05, 3.63) is 24.3 Å². The van der Waals surface area contributed by atoms with Crippen LogP contribution in [-0.2, 0) is 33.2 Å². The van der Waals surface area contributed by atoms with Crippen molar-refractivity contribution in [2.75, 3.05) is 26.4 Å². The van der Waals surface area contributed by atoms with Gasteiger partial charge in [0.15, 0.2) is 18.9 Å². The summed E-state index contributed by atoms with van der Waals surface area (Å²) < 4.78 is 34.4. The predicted molar refractivity (Wildman–Crippen MR) is 333 cm³/mol. The van der Waals surface area contributed by atoms with E-state index in [1.54, 1.807) is 0 Å². The van der Waals surface area contributed by atoms with Gasteiger partial charge in [0, 0.05) is 6.42 Å². The molecule has 0 spiro atoms. The maximum atomic E-state index is 13.4. The molecular formula is C67H125NO18. The Bertz CT molecular complexity index is 1660. The number of hydrogen-bond donors (Lipinski definition) is 12. The first-order valence-electron chi connectivity index (χ1n) is 34.6. The Kier molecular flexibility index (Phi) is 45.6. The maximum absolute atomic E-state index is 13.4. The minimum Gasteiger partial charge on any atom is -0.394 e. The molecule has 17 atom stereocenters. The minimum absolute atomic E-state index is 0.242. The molecule has 3 fully saturated rings. The third kappa shape index (κ3) is 32.0. The van der Waals surface area contributed by atoms with Gasteiger partial charge in [-0.05, 0) is 44.9 Å². The molecule has 0 aromatic heterocycles. The van der Waals surface area contributed by atoms with Crippen LogP contribution in [0.3, 0.4) is 0 Å². The van der Waals surface area contributed by atoms with Crippen LogP contribution in [0.15, 0.2) is 24.3 Å². The van der Waals surface area contributed by atoms with E-state index in [0.29, 0.717) is 12.8 Å². The lowest BCUT2D eigenvalue weighted by Crippen LogP contribution is -2.66. The van der Waals surface area contributed by atoms with Crippen molar-refractivity contribution >= 4 is 5.91 Å². The highest BCUT2D eigenvalue weighted by Crippen LogP contribution is 2.33. The highest BCUT2D eigenvalue weighted by Gasteiger charge is 2.53. The van der Waals surface area contributed by atoms with Crippen molar-refractivity contribution in [2.24, 2.45) is 0 Å². The molecule has 0 bridgehead atoms. The zero-order chi connectivity index (χ0) is 62.6. The van der Waals surface area contributed by atoms with Crippen LogP contribution in [0.4, 0.5) is 0 Å². The summed E-state index contributed by atoms with van der Waals surface area (Å²) in [4.78, 5) is 13.4. The number of rotatable bonds is 53. The van der Waals surface area contributed by atoms with Gasteiger partial charge >= 0.3 is 0 Å². The molecule has 3 aliphatic rings. The molecule has 12 N–H and O–H groups in total. The van der Waals surface area contributed by atoms with Crippen molar-refractivity contribution in [3.8, 4) is 0 Å². The third-order valence-corrected chi connectivity index (χ3v) is 17.5. The number of carbonyl (C=O) groups is 1. The molecule has 86 heavy (non-hydrogen) atoms. The van der Waals surface area contributed by atoms with E-state index in [4.69, 9.17) is 28.4 Å². The summed E-state index contributed by atoms with van der Waals surface area (Å²) >= 11 is 0. The molecule has 0 aromatic carbocycles. The fourth-order valence-electron chi connectivity index (χ4n) is 11.9. The van der Waals surface area contributed by atoms with Gasteiger partial charge in [-0.2, -0.15) is 0 Å². The van der Waals surface area contributed by atoms with E-state index in [1.165, 1.54) is 173 Å². The van der Waals surface area contributed by atoms with Crippen LogP contribution < -0.4 is 5.32 Å². The predicted octanol–water partition coefficient (Wildman–Crippen LogP) is 8.66. The second-order valence-electron chi connectivity index (χ2n) is 25.0. The Labute approximate surface area is 518 Å².